The maximum atomic E-state index is 12.5. The van der Waals surface area contributed by atoms with E-state index in [2.05, 4.69) is 26.9 Å². The third kappa shape index (κ3) is 3.34. The molecule has 1 amide bonds. The molecule has 0 saturated heterocycles. The van der Waals surface area contributed by atoms with Crippen LogP contribution in [0.2, 0.25) is 0 Å². The van der Waals surface area contributed by atoms with Crippen molar-refractivity contribution in [1.82, 2.24) is 25.5 Å². The zero-order valence-electron chi connectivity index (χ0n) is 14.1. The molecule has 1 heterocycles. The number of aryl methyl sites for hydroxylation is 1. The first-order valence-corrected chi connectivity index (χ1v) is 8.58. The summed E-state index contributed by atoms with van der Waals surface area (Å²) in [6, 6.07) is 15.1. The number of tetrazole rings is 1. The fourth-order valence-corrected chi connectivity index (χ4v) is 3.37. The van der Waals surface area contributed by atoms with Crippen LogP contribution in [-0.2, 0) is 17.6 Å². The molecular weight excluding hydrogens is 330 g/mol. The Kier molecular flexibility index (Phi) is 4.45. The van der Waals surface area contributed by atoms with E-state index in [9.17, 15) is 9.90 Å². The summed E-state index contributed by atoms with van der Waals surface area (Å²) in [6.45, 7) is 0. The Morgan fingerprint density at radius 3 is 2.77 bits per heavy atom. The molecule has 3 aromatic rings. The Bertz CT molecular complexity index is 893. The molecule has 7 nitrogen and oxygen atoms in total. The van der Waals surface area contributed by atoms with Gasteiger partial charge in [0.15, 0.2) is 0 Å². The van der Waals surface area contributed by atoms with Gasteiger partial charge in [-0.05, 0) is 52.1 Å². The molecular formula is C19H19N5O2. The number of hydrogen-bond acceptors (Lipinski definition) is 5. The predicted octanol–water partition coefficient (Wildman–Crippen LogP) is 1.37. The number of hydrogen-bond donors (Lipinski definition) is 2. The number of nitrogens with zero attached hydrogens (tertiary/aromatic N) is 4. The number of amides is 1. The number of nitrogens with one attached hydrogen (secondary N) is 1. The van der Waals surface area contributed by atoms with Crippen LogP contribution in [-0.4, -0.2) is 37.3 Å². The van der Waals surface area contributed by atoms with E-state index in [1.165, 1.54) is 11.9 Å². The number of aromatic nitrogens is 4. The van der Waals surface area contributed by atoms with Gasteiger partial charge in [-0.25, -0.2) is 4.68 Å². The van der Waals surface area contributed by atoms with Crippen molar-refractivity contribution < 1.29 is 9.90 Å². The molecule has 1 aliphatic carbocycles. The standard InChI is InChI=1S/C19H19N5O2/c25-17-10-7-14-3-1-2-4-16(14)19(17)21-18(26)11-13-5-8-15(9-6-13)24-12-20-22-23-24/h1-6,8-9,12,17,19,25H,7,10-11H2,(H,21,26)/t17-,19+/m1/s1. The topological polar surface area (TPSA) is 92.9 Å². The van der Waals surface area contributed by atoms with Gasteiger partial charge in [0.1, 0.15) is 6.33 Å². The van der Waals surface area contributed by atoms with Crippen molar-refractivity contribution in [3.63, 3.8) is 0 Å². The van der Waals surface area contributed by atoms with Crippen molar-refractivity contribution in [2.45, 2.75) is 31.4 Å². The number of aliphatic hydroxyl groups is 1. The molecule has 7 heteroatoms. The van der Waals surface area contributed by atoms with E-state index in [0.717, 1.165) is 23.2 Å². The third-order valence-corrected chi connectivity index (χ3v) is 4.72. The summed E-state index contributed by atoms with van der Waals surface area (Å²) < 4.78 is 1.55. The van der Waals surface area contributed by atoms with Gasteiger partial charge in [-0.2, -0.15) is 0 Å². The molecule has 0 bridgehead atoms. The van der Waals surface area contributed by atoms with Crippen molar-refractivity contribution >= 4 is 5.91 Å². The summed E-state index contributed by atoms with van der Waals surface area (Å²) in [7, 11) is 0. The number of carbonyl (C=O) groups excluding carboxylic acids is 1. The van der Waals surface area contributed by atoms with E-state index in [4.69, 9.17) is 0 Å². The second-order valence-corrected chi connectivity index (χ2v) is 6.45. The lowest BCUT2D eigenvalue weighted by molar-refractivity contribution is -0.122. The smallest absolute Gasteiger partial charge is 0.224 e. The minimum absolute atomic E-state index is 0.110. The molecule has 2 aromatic carbocycles. The van der Waals surface area contributed by atoms with E-state index < -0.39 is 6.10 Å². The zero-order valence-corrected chi connectivity index (χ0v) is 14.1. The van der Waals surface area contributed by atoms with Crippen LogP contribution in [0.25, 0.3) is 5.69 Å². The Balaban J connectivity index is 1.44. The van der Waals surface area contributed by atoms with Gasteiger partial charge >= 0.3 is 0 Å². The second kappa shape index (κ2) is 7.05. The van der Waals surface area contributed by atoms with Gasteiger partial charge in [-0.3, -0.25) is 4.79 Å². The maximum Gasteiger partial charge on any atom is 0.224 e. The normalized spacial score (nSPS) is 19.0. The Morgan fingerprint density at radius 2 is 2.00 bits per heavy atom. The van der Waals surface area contributed by atoms with E-state index in [-0.39, 0.29) is 18.4 Å². The molecule has 4 rings (SSSR count). The van der Waals surface area contributed by atoms with Crippen molar-refractivity contribution in [3.05, 3.63) is 71.5 Å². The summed E-state index contributed by atoms with van der Waals surface area (Å²) >= 11 is 0. The minimum atomic E-state index is -0.559. The first-order valence-electron chi connectivity index (χ1n) is 8.58. The van der Waals surface area contributed by atoms with Gasteiger partial charge in [-0.15, -0.1) is 5.10 Å². The average Bonchev–Trinajstić information content (AvgIpc) is 3.19. The summed E-state index contributed by atoms with van der Waals surface area (Å²) in [6.07, 6.45) is 2.70. The lowest BCUT2D eigenvalue weighted by Gasteiger charge is -2.31. The second-order valence-electron chi connectivity index (χ2n) is 6.45. The SMILES string of the molecule is O=C(Cc1ccc(-n2cnnn2)cc1)N[C@H]1c2ccccc2CC[C@H]1O. The minimum Gasteiger partial charge on any atom is -0.391 e. The van der Waals surface area contributed by atoms with E-state index in [1.54, 1.807) is 4.68 Å². The Morgan fingerprint density at radius 1 is 1.19 bits per heavy atom. The molecule has 0 aliphatic heterocycles. The van der Waals surface area contributed by atoms with Crippen LogP contribution >= 0.6 is 0 Å². The molecule has 1 aromatic heterocycles. The number of fused-ring (bicyclic) bond motifs is 1. The zero-order chi connectivity index (χ0) is 17.9. The molecule has 0 radical (unpaired) electrons. The van der Waals surface area contributed by atoms with E-state index >= 15 is 0 Å². The monoisotopic (exact) mass is 349 g/mol. The van der Waals surface area contributed by atoms with Crippen LogP contribution < -0.4 is 5.32 Å². The first-order chi connectivity index (χ1) is 12.7. The third-order valence-electron chi connectivity index (χ3n) is 4.72. The van der Waals surface area contributed by atoms with Crippen molar-refractivity contribution in [3.8, 4) is 5.69 Å². The predicted molar refractivity (Wildman–Crippen MR) is 94.5 cm³/mol. The van der Waals surface area contributed by atoms with Gasteiger partial charge in [-0.1, -0.05) is 36.4 Å². The van der Waals surface area contributed by atoms with Crippen molar-refractivity contribution in [2.24, 2.45) is 0 Å². The van der Waals surface area contributed by atoms with Gasteiger partial charge in [0.25, 0.3) is 0 Å². The number of benzene rings is 2. The van der Waals surface area contributed by atoms with Gasteiger partial charge in [0, 0.05) is 0 Å². The van der Waals surface area contributed by atoms with Gasteiger partial charge in [0.2, 0.25) is 5.91 Å². The highest BCUT2D eigenvalue weighted by atomic mass is 16.3. The number of rotatable bonds is 4. The quantitative estimate of drug-likeness (QED) is 0.742. The highest BCUT2D eigenvalue weighted by molar-refractivity contribution is 5.79. The summed E-state index contributed by atoms with van der Waals surface area (Å²) in [5.74, 6) is -0.110. The summed E-state index contributed by atoms with van der Waals surface area (Å²) in [5, 5.41) is 24.4. The first kappa shape index (κ1) is 16.4. The van der Waals surface area contributed by atoms with E-state index in [0.29, 0.717) is 6.42 Å². The molecule has 132 valence electrons. The number of carbonyl (C=O) groups is 1. The lowest BCUT2D eigenvalue weighted by atomic mass is 9.85. The summed E-state index contributed by atoms with van der Waals surface area (Å²) in [4.78, 5) is 12.5. The molecule has 0 fully saturated rings. The largest absolute Gasteiger partial charge is 0.391 e. The van der Waals surface area contributed by atoms with Crippen LogP contribution in [0.1, 0.15) is 29.2 Å². The number of aliphatic hydroxyl groups excluding tert-OH is 1. The van der Waals surface area contributed by atoms with Crippen LogP contribution in [0.5, 0.6) is 0 Å². The van der Waals surface area contributed by atoms with Crippen molar-refractivity contribution in [2.75, 3.05) is 0 Å². The van der Waals surface area contributed by atoms with E-state index in [1.807, 2.05) is 42.5 Å². The molecule has 0 unspecified atom stereocenters. The highest BCUT2D eigenvalue weighted by Gasteiger charge is 2.28. The van der Waals surface area contributed by atoms with Crippen molar-refractivity contribution in [1.29, 1.82) is 0 Å². The lowest BCUT2D eigenvalue weighted by Crippen LogP contribution is -2.39. The highest BCUT2D eigenvalue weighted by Crippen LogP contribution is 2.29. The van der Waals surface area contributed by atoms with Crippen LogP contribution in [0, 0.1) is 0 Å². The summed E-state index contributed by atoms with van der Waals surface area (Å²) in [5.41, 5.74) is 3.91. The van der Waals surface area contributed by atoms with Gasteiger partial charge in [0.05, 0.1) is 24.3 Å². The maximum absolute atomic E-state index is 12.5. The molecule has 26 heavy (non-hydrogen) atoms. The van der Waals surface area contributed by atoms with Crippen LogP contribution in [0.15, 0.2) is 54.9 Å². The van der Waals surface area contributed by atoms with Gasteiger partial charge < -0.3 is 10.4 Å². The molecule has 2 N–H and O–H groups in total. The Hall–Kier alpha value is -3.06. The molecule has 0 spiro atoms. The molecule has 0 saturated carbocycles. The van der Waals surface area contributed by atoms with Crippen LogP contribution in [0.4, 0.5) is 0 Å². The fourth-order valence-electron chi connectivity index (χ4n) is 3.37. The molecule has 2 atom stereocenters. The Labute approximate surface area is 150 Å². The fraction of sp³-hybridized carbons (Fsp3) is 0.263. The molecule has 1 aliphatic rings. The average molecular weight is 349 g/mol. The van der Waals surface area contributed by atoms with Crippen LogP contribution in [0.3, 0.4) is 0 Å².